The number of aromatic nitrogens is 4. The van der Waals surface area contributed by atoms with Gasteiger partial charge in [-0.05, 0) is 25.7 Å². The van der Waals surface area contributed by atoms with Gasteiger partial charge in [-0.3, -0.25) is 4.79 Å². The van der Waals surface area contributed by atoms with Crippen molar-refractivity contribution in [1.29, 1.82) is 0 Å². The molecular weight excluding hydrogens is 542 g/mol. The quantitative estimate of drug-likeness (QED) is 0.0607. The SMILES string of the molecule is Nc1ncnc2c1ncn2CCC(=O)OCCCCCCCCCCCSSCCCCCCCCCCCO. The Hall–Kier alpha value is -1.52. The van der Waals surface area contributed by atoms with Gasteiger partial charge in [0.15, 0.2) is 11.5 Å². The lowest BCUT2D eigenvalue weighted by Crippen LogP contribution is -2.10. The molecule has 0 bridgehead atoms. The highest BCUT2D eigenvalue weighted by molar-refractivity contribution is 8.76. The first kappa shape index (κ1) is 34.7. The molecule has 0 radical (unpaired) electrons. The zero-order valence-corrected chi connectivity index (χ0v) is 26.2. The number of nitrogens with zero attached hydrogens (tertiary/aromatic N) is 4. The standard InChI is InChI=1S/C30H53N5O3S2/c31-29-28-30(33-25-32-29)35(26-34-28)20-19-27(37)38-22-16-12-8-4-2-6-10-14-18-24-40-39-23-17-13-9-5-1-3-7-11-15-21-36/h25-26,36H,1-24H2,(H2,31,32,33). The monoisotopic (exact) mass is 595 g/mol. The van der Waals surface area contributed by atoms with E-state index >= 15 is 0 Å². The summed E-state index contributed by atoms with van der Waals surface area (Å²) >= 11 is 0. The van der Waals surface area contributed by atoms with Crippen molar-refractivity contribution in [3.8, 4) is 0 Å². The molecular formula is C30H53N5O3S2. The second kappa shape index (κ2) is 24.1. The topological polar surface area (TPSA) is 116 Å². The maximum absolute atomic E-state index is 12.0. The van der Waals surface area contributed by atoms with Crippen molar-refractivity contribution in [3.05, 3.63) is 12.7 Å². The Morgan fingerprint density at radius 1 is 0.750 bits per heavy atom. The summed E-state index contributed by atoms with van der Waals surface area (Å²) in [5.74, 6) is 2.75. The van der Waals surface area contributed by atoms with Crippen LogP contribution in [0, 0.1) is 0 Å². The molecule has 0 aromatic carbocycles. The molecule has 0 aliphatic rings. The second-order valence-electron chi connectivity index (χ2n) is 10.6. The summed E-state index contributed by atoms with van der Waals surface area (Å²) in [6.45, 7) is 1.32. The minimum atomic E-state index is -0.187. The van der Waals surface area contributed by atoms with Crippen LogP contribution in [0.25, 0.3) is 11.2 Å². The summed E-state index contributed by atoms with van der Waals surface area (Å²) in [7, 11) is 4.13. The third kappa shape index (κ3) is 16.7. The number of rotatable bonds is 27. The average molecular weight is 596 g/mol. The predicted molar refractivity (Wildman–Crippen MR) is 170 cm³/mol. The molecule has 40 heavy (non-hydrogen) atoms. The molecule has 2 aromatic rings. The molecule has 0 unspecified atom stereocenters. The van der Waals surface area contributed by atoms with Gasteiger partial charge in [0, 0.05) is 24.7 Å². The summed E-state index contributed by atoms with van der Waals surface area (Å²) in [5.41, 5.74) is 7.00. The van der Waals surface area contributed by atoms with Crippen LogP contribution < -0.4 is 5.73 Å². The van der Waals surface area contributed by atoms with Crippen molar-refractivity contribution in [3.63, 3.8) is 0 Å². The van der Waals surface area contributed by atoms with Gasteiger partial charge in [0.05, 0.1) is 19.4 Å². The van der Waals surface area contributed by atoms with Crippen LogP contribution in [-0.4, -0.2) is 55.3 Å². The fourth-order valence-electron chi connectivity index (χ4n) is 4.66. The molecule has 2 rings (SSSR count). The van der Waals surface area contributed by atoms with Gasteiger partial charge in [-0.1, -0.05) is 111 Å². The van der Waals surface area contributed by atoms with Crippen LogP contribution in [0.5, 0.6) is 0 Å². The highest BCUT2D eigenvalue weighted by Gasteiger charge is 2.10. The van der Waals surface area contributed by atoms with Gasteiger partial charge < -0.3 is 20.1 Å². The van der Waals surface area contributed by atoms with E-state index in [-0.39, 0.29) is 5.97 Å². The van der Waals surface area contributed by atoms with E-state index in [4.69, 9.17) is 15.6 Å². The summed E-state index contributed by atoms with van der Waals surface area (Å²) in [6, 6.07) is 0. The number of aliphatic hydroxyl groups is 1. The number of carbonyl (C=O) groups excluding carboxylic acids is 1. The summed E-state index contributed by atoms with van der Waals surface area (Å²) < 4.78 is 7.19. The Bertz CT molecular complexity index is 899. The van der Waals surface area contributed by atoms with E-state index in [1.165, 1.54) is 114 Å². The van der Waals surface area contributed by atoms with E-state index in [1.807, 2.05) is 4.57 Å². The number of hydrogen-bond donors (Lipinski definition) is 2. The largest absolute Gasteiger partial charge is 0.466 e. The van der Waals surface area contributed by atoms with Gasteiger partial charge in [0.2, 0.25) is 0 Å². The van der Waals surface area contributed by atoms with E-state index in [9.17, 15) is 4.79 Å². The number of nitrogens with two attached hydrogens (primary N) is 1. The number of imidazole rings is 1. The first-order valence-electron chi connectivity index (χ1n) is 15.6. The Morgan fingerprint density at radius 2 is 1.27 bits per heavy atom. The fraction of sp³-hybridized carbons (Fsp3) is 0.800. The minimum Gasteiger partial charge on any atom is -0.466 e. The Balaban J connectivity index is 1.25. The Labute approximate surface area is 249 Å². The Morgan fingerprint density at radius 3 is 1.85 bits per heavy atom. The number of nitrogen functional groups attached to an aromatic ring is 1. The molecule has 8 nitrogen and oxygen atoms in total. The summed E-state index contributed by atoms with van der Waals surface area (Å²) in [6.07, 6.45) is 26.3. The highest BCUT2D eigenvalue weighted by atomic mass is 33.1. The lowest BCUT2D eigenvalue weighted by atomic mass is 10.1. The summed E-state index contributed by atoms with van der Waals surface area (Å²) in [4.78, 5) is 24.4. The van der Waals surface area contributed by atoms with Crippen LogP contribution >= 0.6 is 21.6 Å². The Kier molecular flexibility index (Phi) is 20.9. The van der Waals surface area contributed by atoms with Crippen LogP contribution in [-0.2, 0) is 16.1 Å². The zero-order chi connectivity index (χ0) is 28.5. The predicted octanol–water partition coefficient (Wildman–Crippen LogP) is 7.74. The zero-order valence-electron chi connectivity index (χ0n) is 24.6. The fourth-order valence-corrected chi connectivity index (χ4v) is 6.95. The number of anilines is 1. The van der Waals surface area contributed by atoms with E-state index in [0.29, 0.717) is 43.2 Å². The maximum atomic E-state index is 12.0. The molecule has 0 spiro atoms. The van der Waals surface area contributed by atoms with E-state index in [1.54, 1.807) is 6.33 Å². The van der Waals surface area contributed by atoms with Crippen LogP contribution in [0.3, 0.4) is 0 Å². The van der Waals surface area contributed by atoms with Gasteiger partial charge in [0.1, 0.15) is 11.8 Å². The van der Waals surface area contributed by atoms with Crippen LogP contribution in [0.15, 0.2) is 12.7 Å². The van der Waals surface area contributed by atoms with Gasteiger partial charge in [-0.25, -0.2) is 15.0 Å². The van der Waals surface area contributed by atoms with Crippen LogP contribution in [0.1, 0.15) is 122 Å². The van der Waals surface area contributed by atoms with E-state index in [0.717, 1.165) is 19.3 Å². The lowest BCUT2D eigenvalue weighted by Gasteiger charge is -2.06. The highest BCUT2D eigenvalue weighted by Crippen LogP contribution is 2.25. The molecule has 0 saturated carbocycles. The second-order valence-corrected chi connectivity index (χ2v) is 13.3. The first-order chi connectivity index (χ1) is 19.7. The minimum absolute atomic E-state index is 0.187. The molecule has 228 valence electrons. The van der Waals surface area contributed by atoms with Crippen molar-refractivity contribution < 1.29 is 14.6 Å². The molecule has 0 fully saturated rings. The average Bonchev–Trinajstić information content (AvgIpc) is 3.38. The molecule has 3 N–H and O–H groups in total. The molecule has 10 heteroatoms. The molecule has 0 amide bonds. The number of aliphatic hydroxyl groups excluding tert-OH is 1. The van der Waals surface area contributed by atoms with Crippen LogP contribution in [0.2, 0.25) is 0 Å². The van der Waals surface area contributed by atoms with Crippen LogP contribution in [0.4, 0.5) is 5.82 Å². The smallest absolute Gasteiger partial charge is 0.307 e. The number of esters is 1. The molecule has 0 aliphatic heterocycles. The normalized spacial score (nSPS) is 11.4. The maximum Gasteiger partial charge on any atom is 0.307 e. The number of carbonyl (C=O) groups is 1. The molecule has 0 saturated heterocycles. The third-order valence-corrected chi connectivity index (χ3v) is 9.67. The van der Waals surface area contributed by atoms with Crippen molar-refractivity contribution in [1.82, 2.24) is 19.5 Å². The van der Waals surface area contributed by atoms with E-state index in [2.05, 4.69) is 36.5 Å². The first-order valence-corrected chi connectivity index (χ1v) is 18.1. The molecule has 0 atom stereocenters. The van der Waals surface area contributed by atoms with Gasteiger partial charge in [-0.2, -0.15) is 0 Å². The third-order valence-electron chi connectivity index (χ3n) is 7.09. The number of unbranched alkanes of at least 4 members (excludes halogenated alkanes) is 16. The number of fused-ring (bicyclic) bond motifs is 1. The van der Waals surface area contributed by atoms with Gasteiger partial charge in [-0.15, -0.1) is 0 Å². The molecule has 2 aromatic heterocycles. The molecule has 2 heterocycles. The van der Waals surface area contributed by atoms with E-state index < -0.39 is 0 Å². The van der Waals surface area contributed by atoms with Crippen molar-refractivity contribution in [2.45, 2.75) is 129 Å². The molecule has 0 aliphatic carbocycles. The lowest BCUT2D eigenvalue weighted by molar-refractivity contribution is -0.144. The van der Waals surface area contributed by atoms with Gasteiger partial charge in [0.25, 0.3) is 0 Å². The number of aryl methyl sites for hydroxylation is 1. The summed E-state index contributed by atoms with van der Waals surface area (Å²) in [5, 5.41) is 8.78. The number of ether oxygens (including phenoxy) is 1. The van der Waals surface area contributed by atoms with Gasteiger partial charge >= 0.3 is 5.97 Å². The van der Waals surface area contributed by atoms with Crippen molar-refractivity contribution >= 4 is 44.5 Å². The van der Waals surface area contributed by atoms with Crippen molar-refractivity contribution in [2.24, 2.45) is 0 Å². The van der Waals surface area contributed by atoms with Crippen molar-refractivity contribution in [2.75, 3.05) is 30.5 Å². The number of hydrogen-bond acceptors (Lipinski definition) is 9.